The number of hydrogen-bond acceptors (Lipinski definition) is 6. The van der Waals surface area contributed by atoms with Crippen LogP contribution in [0.1, 0.15) is 17.2 Å². The number of hydrogen-bond donors (Lipinski definition) is 1. The van der Waals surface area contributed by atoms with Crippen molar-refractivity contribution in [3.63, 3.8) is 0 Å². The molecule has 9 heteroatoms. The molecule has 1 atom stereocenters. The van der Waals surface area contributed by atoms with Crippen molar-refractivity contribution in [1.82, 2.24) is 9.13 Å². The highest BCUT2D eigenvalue weighted by Gasteiger charge is 2.30. The molecular weight excluding hydrogens is 364 g/mol. The standard InChI is InChI=1S/C19H16N4O5/c1-21-17(24)15-16(11-7-9-12(10-8-11)23(26)27)20-13-5-3-4-6-14(13)28-18(15)22(2)19(21)25/h3-10,16,20H,1-2H3/t16-/m1/s1. The third-order valence-electron chi connectivity index (χ3n) is 4.76. The van der Waals surface area contributed by atoms with Gasteiger partial charge in [-0.3, -0.25) is 24.0 Å². The Morgan fingerprint density at radius 3 is 2.39 bits per heavy atom. The monoisotopic (exact) mass is 380 g/mol. The molecule has 0 aliphatic carbocycles. The maximum absolute atomic E-state index is 13.0. The molecule has 0 unspecified atom stereocenters. The molecule has 0 saturated heterocycles. The van der Waals surface area contributed by atoms with Crippen LogP contribution in [0, 0.1) is 10.1 Å². The number of rotatable bonds is 2. The van der Waals surface area contributed by atoms with Gasteiger partial charge >= 0.3 is 5.69 Å². The summed E-state index contributed by atoms with van der Waals surface area (Å²) in [5.74, 6) is 0.602. The highest BCUT2D eigenvalue weighted by molar-refractivity contribution is 5.63. The first-order valence-corrected chi connectivity index (χ1v) is 8.46. The minimum absolute atomic E-state index is 0.0531. The summed E-state index contributed by atoms with van der Waals surface area (Å²) in [5.41, 5.74) is 0.448. The summed E-state index contributed by atoms with van der Waals surface area (Å²) in [6.45, 7) is 0. The van der Waals surface area contributed by atoms with Gasteiger partial charge in [0.05, 0.1) is 16.7 Å². The zero-order valence-corrected chi connectivity index (χ0v) is 15.1. The Morgan fingerprint density at radius 1 is 1.04 bits per heavy atom. The molecule has 9 nitrogen and oxygen atoms in total. The second-order valence-corrected chi connectivity index (χ2v) is 6.45. The highest BCUT2D eigenvalue weighted by atomic mass is 16.6. The van der Waals surface area contributed by atoms with Crippen molar-refractivity contribution >= 4 is 11.4 Å². The third kappa shape index (κ3) is 2.64. The van der Waals surface area contributed by atoms with Crippen molar-refractivity contribution < 1.29 is 9.66 Å². The van der Waals surface area contributed by atoms with Crippen LogP contribution in [0.25, 0.3) is 0 Å². The number of ether oxygens (including phenoxy) is 1. The smallest absolute Gasteiger partial charge is 0.333 e. The molecule has 0 amide bonds. The quantitative estimate of drug-likeness (QED) is 0.540. The van der Waals surface area contributed by atoms with E-state index in [2.05, 4.69) is 5.32 Å². The molecule has 1 aliphatic heterocycles. The van der Waals surface area contributed by atoms with Crippen LogP contribution in [-0.2, 0) is 14.1 Å². The number of benzene rings is 2. The molecule has 0 bridgehead atoms. The van der Waals surface area contributed by atoms with Crippen molar-refractivity contribution in [2.75, 3.05) is 5.32 Å². The Morgan fingerprint density at radius 2 is 1.71 bits per heavy atom. The van der Waals surface area contributed by atoms with Gasteiger partial charge < -0.3 is 10.1 Å². The first kappa shape index (κ1) is 17.5. The van der Waals surface area contributed by atoms with Gasteiger partial charge in [-0.05, 0) is 29.8 Å². The van der Waals surface area contributed by atoms with E-state index in [-0.39, 0.29) is 17.1 Å². The second kappa shape index (κ2) is 6.38. The maximum atomic E-state index is 13.0. The van der Waals surface area contributed by atoms with E-state index in [0.29, 0.717) is 17.0 Å². The average molecular weight is 380 g/mol. The Kier molecular flexibility index (Phi) is 3.99. The second-order valence-electron chi connectivity index (χ2n) is 6.45. The summed E-state index contributed by atoms with van der Waals surface area (Å²) in [6.07, 6.45) is 0. The maximum Gasteiger partial charge on any atom is 0.333 e. The van der Waals surface area contributed by atoms with Crippen LogP contribution in [0.5, 0.6) is 11.6 Å². The minimum Gasteiger partial charge on any atom is -0.438 e. The molecule has 4 rings (SSSR count). The van der Waals surface area contributed by atoms with E-state index in [1.807, 2.05) is 6.07 Å². The normalized spacial score (nSPS) is 14.9. The van der Waals surface area contributed by atoms with Crippen LogP contribution in [-0.4, -0.2) is 14.1 Å². The SMILES string of the molecule is Cn1c2c(c(=O)n(C)c1=O)[C@@H](c1ccc([N+](=O)[O-])cc1)Nc1ccccc1O2. The van der Waals surface area contributed by atoms with Gasteiger partial charge in [0.1, 0.15) is 5.56 Å². The molecule has 28 heavy (non-hydrogen) atoms. The zero-order chi connectivity index (χ0) is 20.0. The van der Waals surface area contributed by atoms with Crippen LogP contribution in [0.3, 0.4) is 0 Å². The zero-order valence-electron chi connectivity index (χ0n) is 15.1. The summed E-state index contributed by atoms with van der Waals surface area (Å²) in [4.78, 5) is 35.8. The van der Waals surface area contributed by atoms with Crippen molar-refractivity contribution in [2.45, 2.75) is 6.04 Å². The van der Waals surface area contributed by atoms with Gasteiger partial charge in [-0.1, -0.05) is 12.1 Å². The Balaban J connectivity index is 2.00. The lowest BCUT2D eigenvalue weighted by molar-refractivity contribution is -0.384. The third-order valence-corrected chi connectivity index (χ3v) is 4.76. The number of nitrogens with zero attached hydrogens (tertiary/aromatic N) is 3. The molecule has 142 valence electrons. The minimum atomic E-state index is -0.662. The van der Waals surface area contributed by atoms with Crippen molar-refractivity contribution in [3.8, 4) is 11.6 Å². The van der Waals surface area contributed by atoms with E-state index < -0.39 is 22.2 Å². The lowest BCUT2D eigenvalue weighted by atomic mass is 9.99. The molecule has 1 aliphatic rings. The fourth-order valence-electron chi connectivity index (χ4n) is 3.27. The molecular formula is C19H16N4O5. The number of fused-ring (bicyclic) bond motifs is 2. The van der Waals surface area contributed by atoms with Crippen molar-refractivity contribution in [2.24, 2.45) is 14.1 Å². The fraction of sp³-hybridized carbons (Fsp3) is 0.158. The first-order valence-electron chi connectivity index (χ1n) is 8.46. The lowest BCUT2D eigenvalue weighted by Crippen LogP contribution is -2.40. The van der Waals surface area contributed by atoms with E-state index in [9.17, 15) is 19.7 Å². The molecule has 1 N–H and O–H groups in total. The van der Waals surface area contributed by atoms with Crippen LogP contribution in [0.15, 0.2) is 58.1 Å². The van der Waals surface area contributed by atoms with Gasteiger partial charge in [0.25, 0.3) is 11.2 Å². The number of para-hydroxylation sites is 2. The largest absolute Gasteiger partial charge is 0.438 e. The summed E-state index contributed by atoms with van der Waals surface area (Å²) < 4.78 is 8.23. The topological polar surface area (TPSA) is 108 Å². The van der Waals surface area contributed by atoms with Crippen molar-refractivity contribution in [3.05, 3.63) is 90.6 Å². The predicted octanol–water partition coefficient (Wildman–Crippen LogP) is 2.30. The van der Waals surface area contributed by atoms with Crippen LogP contribution in [0.4, 0.5) is 11.4 Å². The van der Waals surface area contributed by atoms with Crippen molar-refractivity contribution in [1.29, 1.82) is 0 Å². The van der Waals surface area contributed by atoms with Gasteiger partial charge in [0.2, 0.25) is 5.88 Å². The molecule has 0 fully saturated rings. The summed E-state index contributed by atoms with van der Waals surface area (Å²) >= 11 is 0. The molecule has 0 spiro atoms. The number of aromatic nitrogens is 2. The highest BCUT2D eigenvalue weighted by Crippen LogP contribution is 2.40. The number of nitrogens with one attached hydrogen (secondary N) is 1. The van der Waals surface area contributed by atoms with Crippen LogP contribution >= 0.6 is 0 Å². The van der Waals surface area contributed by atoms with E-state index in [1.165, 1.54) is 30.8 Å². The average Bonchev–Trinajstić information content (AvgIpc) is 2.88. The molecule has 0 radical (unpaired) electrons. The summed E-state index contributed by atoms with van der Waals surface area (Å²) in [5, 5.41) is 14.2. The van der Waals surface area contributed by atoms with Gasteiger partial charge in [0.15, 0.2) is 5.75 Å². The van der Waals surface area contributed by atoms with Crippen LogP contribution < -0.4 is 21.3 Å². The predicted molar refractivity (Wildman–Crippen MR) is 102 cm³/mol. The fourth-order valence-corrected chi connectivity index (χ4v) is 3.27. The van der Waals surface area contributed by atoms with E-state index in [0.717, 1.165) is 4.57 Å². The van der Waals surface area contributed by atoms with Crippen LogP contribution in [0.2, 0.25) is 0 Å². The lowest BCUT2D eigenvalue weighted by Gasteiger charge is -2.20. The Hall–Kier alpha value is -3.88. The van der Waals surface area contributed by atoms with Gasteiger partial charge in [0, 0.05) is 26.2 Å². The molecule has 1 aromatic heterocycles. The Bertz CT molecular complexity index is 1210. The Labute approximate surface area is 158 Å². The van der Waals surface area contributed by atoms with Gasteiger partial charge in [-0.2, -0.15) is 0 Å². The van der Waals surface area contributed by atoms with E-state index in [4.69, 9.17) is 4.74 Å². The van der Waals surface area contributed by atoms with E-state index >= 15 is 0 Å². The number of anilines is 1. The number of non-ortho nitro benzene ring substituents is 1. The molecule has 0 saturated carbocycles. The number of nitro benzene ring substituents is 1. The van der Waals surface area contributed by atoms with Gasteiger partial charge in [-0.15, -0.1) is 0 Å². The van der Waals surface area contributed by atoms with Gasteiger partial charge in [-0.25, -0.2) is 4.79 Å². The number of nitro groups is 1. The molecule has 2 heterocycles. The van der Waals surface area contributed by atoms with E-state index in [1.54, 1.807) is 30.3 Å². The summed E-state index contributed by atoms with van der Waals surface area (Å²) in [6, 6.07) is 12.4. The molecule has 2 aromatic carbocycles. The summed E-state index contributed by atoms with van der Waals surface area (Å²) in [7, 11) is 2.93. The molecule has 3 aromatic rings. The first-order chi connectivity index (χ1) is 13.4.